The third kappa shape index (κ3) is 5.38. The Balaban J connectivity index is 1.47. The first-order chi connectivity index (χ1) is 18.6. The number of aliphatic imine (C=N–C) groups is 1. The molecule has 0 aliphatic carbocycles. The number of carbonyl (C=O) groups excluding carboxylic acids is 2. The first-order valence-corrected chi connectivity index (χ1v) is 13.1. The third-order valence-electron chi connectivity index (χ3n) is 6.16. The number of hydrogen-bond acceptors (Lipinski definition) is 8. The molecule has 1 aromatic heterocycles. The van der Waals surface area contributed by atoms with E-state index >= 15 is 0 Å². The lowest BCUT2D eigenvalue weighted by Gasteiger charge is -2.36. The summed E-state index contributed by atoms with van der Waals surface area (Å²) in [6.07, 6.45) is 2.23. The molecule has 38 heavy (non-hydrogen) atoms. The van der Waals surface area contributed by atoms with E-state index in [1.54, 1.807) is 18.4 Å². The van der Waals surface area contributed by atoms with Gasteiger partial charge in [-0.1, -0.05) is 49.0 Å². The van der Waals surface area contributed by atoms with Crippen molar-refractivity contribution in [1.82, 2.24) is 10.2 Å². The van der Waals surface area contributed by atoms with Gasteiger partial charge >= 0.3 is 5.97 Å². The minimum absolute atomic E-state index is 0.110. The summed E-state index contributed by atoms with van der Waals surface area (Å²) in [4.78, 5) is 32.7. The molecule has 2 aliphatic heterocycles. The normalized spacial score (nSPS) is 16.5. The predicted molar refractivity (Wildman–Crippen MR) is 145 cm³/mol. The smallest absolute Gasteiger partial charge is 0.338 e. The number of nitrogens with zero attached hydrogens (tertiary/aromatic N) is 2. The van der Waals surface area contributed by atoms with Gasteiger partial charge in [0.25, 0.3) is 0 Å². The van der Waals surface area contributed by atoms with Crippen LogP contribution in [0, 0.1) is 0 Å². The quantitative estimate of drug-likeness (QED) is 0.344. The molecule has 0 unspecified atom stereocenters. The van der Waals surface area contributed by atoms with E-state index in [1.165, 1.54) is 18.9 Å². The number of amidine groups is 1. The summed E-state index contributed by atoms with van der Waals surface area (Å²) in [5, 5.41) is 5.51. The number of esters is 1. The molecular weight excluding hydrogens is 502 g/mol. The van der Waals surface area contributed by atoms with E-state index in [0.29, 0.717) is 46.7 Å². The molecule has 9 heteroatoms. The molecule has 3 heterocycles. The first-order valence-electron chi connectivity index (χ1n) is 12.2. The molecule has 2 aliphatic rings. The number of allylic oxidation sites excluding steroid dienone is 1. The molecule has 0 radical (unpaired) electrons. The van der Waals surface area contributed by atoms with Crippen molar-refractivity contribution < 1.29 is 23.5 Å². The van der Waals surface area contributed by atoms with Crippen LogP contribution in [-0.2, 0) is 20.9 Å². The fraction of sp³-hybridized carbons (Fsp3) is 0.207. The van der Waals surface area contributed by atoms with Crippen molar-refractivity contribution >= 4 is 28.8 Å². The number of amides is 1. The number of carbonyl (C=O) groups is 2. The van der Waals surface area contributed by atoms with Crippen molar-refractivity contribution in [3.05, 3.63) is 107 Å². The number of thioether (sulfide) groups is 1. The molecule has 0 saturated carbocycles. The van der Waals surface area contributed by atoms with Gasteiger partial charge in [-0.2, -0.15) is 0 Å². The van der Waals surface area contributed by atoms with Crippen molar-refractivity contribution in [3.8, 4) is 11.5 Å². The fourth-order valence-corrected chi connectivity index (χ4v) is 5.36. The second-order valence-electron chi connectivity index (χ2n) is 8.62. The molecule has 1 amide bonds. The Morgan fingerprint density at radius 1 is 1.08 bits per heavy atom. The van der Waals surface area contributed by atoms with Crippen LogP contribution in [0.5, 0.6) is 11.5 Å². The molecule has 1 N–H and O–H groups in total. The van der Waals surface area contributed by atoms with Crippen molar-refractivity contribution in [2.45, 2.75) is 32.4 Å². The topological polar surface area (TPSA) is 93.4 Å². The van der Waals surface area contributed by atoms with Crippen LogP contribution in [0.3, 0.4) is 0 Å². The van der Waals surface area contributed by atoms with Gasteiger partial charge < -0.3 is 24.1 Å². The van der Waals surface area contributed by atoms with Gasteiger partial charge in [-0.05, 0) is 53.8 Å². The van der Waals surface area contributed by atoms with Crippen molar-refractivity contribution in [2.75, 3.05) is 7.11 Å². The summed E-state index contributed by atoms with van der Waals surface area (Å²) in [5.41, 5.74) is 2.66. The van der Waals surface area contributed by atoms with E-state index in [4.69, 9.17) is 18.9 Å². The maximum absolute atomic E-state index is 13.1. The zero-order valence-electron chi connectivity index (χ0n) is 21.0. The molecule has 0 bridgehead atoms. The summed E-state index contributed by atoms with van der Waals surface area (Å²) in [5.74, 6) is 1.39. The minimum Gasteiger partial charge on any atom is -0.467 e. The molecule has 3 aromatic rings. The Bertz CT molecular complexity index is 1410. The Morgan fingerprint density at radius 2 is 1.89 bits per heavy atom. The van der Waals surface area contributed by atoms with Gasteiger partial charge in [0.1, 0.15) is 17.3 Å². The van der Waals surface area contributed by atoms with Crippen LogP contribution < -0.4 is 10.1 Å². The molecule has 194 valence electrons. The van der Waals surface area contributed by atoms with Crippen LogP contribution >= 0.6 is 11.8 Å². The Hall–Kier alpha value is -4.24. The van der Waals surface area contributed by atoms with Crippen LogP contribution in [-0.4, -0.2) is 29.1 Å². The van der Waals surface area contributed by atoms with E-state index < -0.39 is 12.0 Å². The van der Waals surface area contributed by atoms with E-state index in [-0.39, 0.29) is 12.3 Å². The first kappa shape index (κ1) is 25.4. The summed E-state index contributed by atoms with van der Waals surface area (Å²) in [7, 11) is 1.37. The van der Waals surface area contributed by atoms with Crippen LogP contribution in [0.15, 0.2) is 105 Å². The number of para-hydroxylation sites is 1. The summed E-state index contributed by atoms with van der Waals surface area (Å²) < 4.78 is 16.6. The van der Waals surface area contributed by atoms with Gasteiger partial charge in [0.05, 0.1) is 43.7 Å². The maximum Gasteiger partial charge on any atom is 0.338 e. The van der Waals surface area contributed by atoms with Crippen molar-refractivity contribution in [3.63, 3.8) is 0 Å². The van der Waals surface area contributed by atoms with Crippen LogP contribution in [0.25, 0.3) is 0 Å². The molecule has 0 saturated heterocycles. The lowest BCUT2D eigenvalue weighted by molar-refractivity contribution is -0.136. The Morgan fingerprint density at radius 3 is 2.63 bits per heavy atom. The standard InChI is InChI=1S/C29H27N3O5S/c1-3-24-26(28(34)35-2)27(19-9-7-12-22(15-19)37-21-10-5-4-6-11-21)32-20(18-38-29(32)31-24)16-25(33)30-17-23-13-8-14-36-23/h4-15,18,27H,3,16-17H2,1-2H3,(H,30,33)/t27-/m1/s1. The Kier molecular flexibility index (Phi) is 7.65. The summed E-state index contributed by atoms with van der Waals surface area (Å²) >= 11 is 1.44. The minimum atomic E-state index is -0.539. The van der Waals surface area contributed by atoms with E-state index in [9.17, 15) is 9.59 Å². The molecule has 0 fully saturated rings. The van der Waals surface area contributed by atoms with Gasteiger partial charge in [-0.25, -0.2) is 9.79 Å². The largest absolute Gasteiger partial charge is 0.467 e. The summed E-state index contributed by atoms with van der Waals surface area (Å²) in [6, 6.07) is 20.2. The number of methoxy groups -OCH3 is 1. The van der Waals surface area contributed by atoms with E-state index in [1.807, 2.05) is 71.8 Å². The highest BCUT2D eigenvalue weighted by atomic mass is 32.2. The average Bonchev–Trinajstić information content (AvgIpc) is 3.61. The van der Waals surface area contributed by atoms with Crippen LogP contribution in [0.1, 0.15) is 37.1 Å². The van der Waals surface area contributed by atoms with Gasteiger partial charge in [-0.3, -0.25) is 4.79 Å². The maximum atomic E-state index is 13.1. The molecule has 8 nitrogen and oxygen atoms in total. The second kappa shape index (κ2) is 11.4. The van der Waals surface area contributed by atoms with Gasteiger partial charge in [0.15, 0.2) is 5.17 Å². The number of fused-ring (bicyclic) bond motifs is 1. The fourth-order valence-electron chi connectivity index (χ4n) is 4.43. The molecule has 1 atom stereocenters. The van der Waals surface area contributed by atoms with Crippen LogP contribution in [0.4, 0.5) is 0 Å². The molecule has 0 spiro atoms. The number of furan rings is 1. The number of rotatable bonds is 9. The molecule has 2 aromatic carbocycles. The lowest BCUT2D eigenvalue weighted by atomic mass is 9.92. The van der Waals surface area contributed by atoms with Gasteiger partial charge in [0, 0.05) is 5.70 Å². The van der Waals surface area contributed by atoms with E-state index in [0.717, 1.165) is 11.3 Å². The van der Waals surface area contributed by atoms with Gasteiger partial charge in [0.2, 0.25) is 5.91 Å². The number of nitrogens with one attached hydrogen (secondary N) is 1. The monoisotopic (exact) mass is 529 g/mol. The van der Waals surface area contributed by atoms with Crippen molar-refractivity contribution in [2.24, 2.45) is 4.99 Å². The lowest BCUT2D eigenvalue weighted by Crippen LogP contribution is -2.38. The predicted octanol–water partition coefficient (Wildman–Crippen LogP) is 5.92. The van der Waals surface area contributed by atoms with Crippen LogP contribution in [0.2, 0.25) is 0 Å². The SMILES string of the molecule is CCC1=C(C(=O)OC)[C@@H](c2cccc(Oc3ccccc3)c2)N2C(CC(=O)NCc3ccco3)=CSC2=N1. The number of benzene rings is 2. The third-order valence-corrected chi connectivity index (χ3v) is 7.05. The number of ether oxygens (including phenoxy) is 2. The zero-order valence-corrected chi connectivity index (χ0v) is 21.9. The highest BCUT2D eigenvalue weighted by molar-refractivity contribution is 8.16. The molecular formula is C29H27N3O5S. The highest BCUT2D eigenvalue weighted by Gasteiger charge is 2.41. The average molecular weight is 530 g/mol. The zero-order chi connectivity index (χ0) is 26.5. The van der Waals surface area contributed by atoms with Crippen molar-refractivity contribution in [1.29, 1.82) is 0 Å². The second-order valence-corrected chi connectivity index (χ2v) is 9.46. The molecule has 5 rings (SSSR count). The van der Waals surface area contributed by atoms with Gasteiger partial charge in [-0.15, -0.1) is 0 Å². The Labute approximate surface area is 225 Å². The van der Waals surface area contributed by atoms with E-state index in [2.05, 4.69) is 5.32 Å². The highest BCUT2D eigenvalue weighted by Crippen LogP contribution is 2.46. The number of hydrogen-bond donors (Lipinski definition) is 1. The summed E-state index contributed by atoms with van der Waals surface area (Å²) in [6.45, 7) is 2.25.